The third-order valence-corrected chi connectivity index (χ3v) is 3.72. The summed E-state index contributed by atoms with van der Waals surface area (Å²) in [6.07, 6.45) is 2.45. The topological polar surface area (TPSA) is 98.6 Å². The molecule has 6 nitrogen and oxygen atoms in total. The number of hydrogen-bond acceptors (Lipinski definition) is 4. The van der Waals surface area contributed by atoms with Crippen LogP contribution in [0.25, 0.3) is 0 Å². The maximum absolute atomic E-state index is 11.8. The number of H-pyrrole nitrogens is 1. The summed E-state index contributed by atoms with van der Waals surface area (Å²) < 4.78 is 26.0. The fourth-order valence-corrected chi connectivity index (χ4v) is 2.45. The number of sulfonamides is 1. The lowest BCUT2D eigenvalue weighted by Crippen LogP contribution is -2.13. The van der Waals surface area contributed by atoms with Crippen molar-refractivity contribution in [3.05, 3.63) is 41.3 Å². The summed E-state index contributed by atoms with van der Waals surface area (Å²) in [4.78, 5) is 6.12. The molecule has 0 bridgehead atoms. The van der Waals surface area contributed by atoms with E-state index in [-0.39, 0.29) is 21.3 Å². The van der Waals surface area contributed by atoms with Crippen LogP contribution in [0.2, 0.25) is 5.02 Å². The zero-order valence-electron chi connectivity index (χ0n) is 8.88. The Bertz CT molecular complexity index is 704. The second-order valence-electron chi connectivity index (χ2n) is 3.33. The van der Waals surface area contributed by atoms with Gasteiger partial charge in [-0.1, -0.05) is 11.6 Å². The molecular weight excluding hydrogens is 276 g/mol. The molecular formula is C10H7ClN4O2S. The first-order valence-electron chi connectivity index (χ1n) is 4.74. The molecule has 0 spiro atoms. The van der Waals surface area contributed by atoms with Crippen LogP contribution in [0.15, 0.2) is 35.7 Å². The Labute approximate surface area is 108 Å². The van der Waals surface area contributed by atoms with Gasteiger partial charge in [0.15, 0.2) is 5.03 Å². The summed E-state index contributed by atoms with van der Waals surface area (Å²) in [5.41, 5.74) is 0.551. The van der Waals surface area contributed by atoms with Crippen LogP contribution in [0.1, 0.15) is 5.56 Å². The second kappa shape index (κ2) is 4.68. The highest BCUT2D eigenvalue weighted by Crippen LogP contribution is 2.22. The molecule has 0 fully saturated rings. The smallest absolute Gasteiger partial charge is 0.278 e. The van der Waals surface area contributed by atoms with Gasteiger partial charge in [0.25, 0.3) is 10.0 Å². The van der Waals surface area contributed by atoms with Gasteiger partial charge in [0, 0.05) is 0 Å². The minimum absolute atomic E-state index is 0.0528. The van der Waals surface area contributed by atoms with Crippen molar-refractivity contribution < 1.29 is 8.42 Å². The molecule has 0 aliphatic carbocycles. The van der Waals surface area contributed by atoms with Crippen LogP contribution < -0.4 is 4.72 Å². The van der Waals surface area contributed by atoms with Crippen molar-refractivity contribution in [1.29, 1.82) is 5.26 Å². The highest BCUT2D eigenvalue weighted by Gasteiger charge is 2.15. The number of rotatable bonds is 3. The van der Waals surface area contributed by atoms with Crippen LogP contribution in [0, 0.1) is 11.3 Å². The largest absolute Gasteiger partial charge is 0.334 e. The average Bonchev–Trinajstić information content (AvgIpc) is 2.82. The molecule has 1 aromatic heterocycles. The predicted molar refractivity (Wildman–Crippen MR) is 65.6 cm³/mol. The molecule has 0 amide bonds. The minimum atomic E-state index is -3.72. The monoisotopic (exact) mass is 282 g/mol. The number of nitrogens with one attached hydrogen (secondary N) is 2. The van der Waals surface area contributed by atoms with Crippen molar-refractivity contribution in [3.8, 4) is 6.07 Å². The second-order valence-corrected chi connectivity index (χ2v) is 5.39. The van der Waals surface area contributed by atoms with Gasteiger partial charge < -0.3 is 4.98 Å². The van der Waals surface area contributed by atoms with Gasteiger partial charge in [0.1, 0.15) is 6.07 Å². The molecule has 18 heavy (non-hydrogen) atoms. The Morgan fingerprint density at radius 2 is 2.22 bits per heavy atom. The first-order valence-corrected chi connectivity index (χ1v) is 6.60. The highest BCUT2D eigenvalue weighted by atomic mass is 35.5. The molecule has 0 atom stereocenters. The Balaban J connectivity index is 2.31. The molecule has 0 saturated heterocycles. The Kier molecular flexibility index (Phi) is 3.23. The third kappa shape index (κ3) is 2.45. The van der Waals surface area contributed by atoms with Crippen LogP contribution in [0.4, 0.5) is 5.69 Å². The average molecular weight is 283 g/mol. The SMILES string of the molecule is N#Cc1ccc(NS(=O)(=O)c2cnc[nH]2)cc1Cl. The van der Waals surface area contributed by atoms with Crippen molar-refractivity contribution in [2.75, 3.05) is 4.72 Å². The van der Waals surface area contributed by atoms with Gasteiger partial charge in [0.2, 0.25) is 0 Å². The van der Waals surface area contributed by atoms with E-state index in [9.17, 15) is 8.42 Å². The molecule has 8 heteroatoms. The number of anilines is 1. The van der Waals surface area contributed by atoms with E-state index < -0.39 is 10.0 Å². The molecule has 0 aliphatic heterocycles. The number of aromatic nitrogens is 2. The number of benzene rings is 1. The molecule has 1 aromatic carbocycles. The fourth-order valence-electron chi connectivity index (χ4n) is 1.27. The van der Waals surface area contributed by atoms with E-state index >= 15 is 0 Å². The zero-order valence-corrected chi connectivity index (χ0v) is 10.5. The van der Waals surface area contributed by atoms with E-state index in [1.54, 1.807) is 0 Å². The molecule has 92 valence electrons. The van der Waals surface area contributed by atoms with Gasteiger partial charge in [-0.3, -0.25) is 4.72 Å². The number of halogens is 1. The predicted octanol–water partition coefficient (Wildman–Crippen LogP) is 1.74. The summed E-state index contributed by atoms with van der Waals surface area (Å²) in [5.74, 6) is 0. The number of aromatic amines is 1. The van der Waals surface area contributed by atoms with Crippen molar-refractivity contribution in [2.24, 2.45) is 0 Å². The standard InChI is InChI=1S/C10H7ClN4O2S/c11-9-3-8(2-1-7(9)4-12)15-18(16,17)10-5-13-6-14-10/h1-3,5-6,15H,(H,13,14). The summed E-state index contributed by atoms with van der Waals surface area (Å²) >= 11 is 5.81. The van der Waals surface area contributed by atoms with E-state index in [0.717, 1.165) is 0 Å². The van der Waals surface area contributed by atoms with E-state index in [0.29, 0.717) is 0 Å². The van der Waals surface area contributed by atoms with Crippen molar-refractivity contribution in [3.63, 3.8) is 0 Å². The number of imidazole rings is 1. The van der Waals surface area contributed by atoms with Crippen LogP contribution >= 0.6 is 11.6 Å². The van der Waals surface area contributed by atoms with E-state index in [2.05, 4.69) is 14.7 Å². The highest BCUT2D eigenvalue weighted by molar-refractivity contribution is 7.92. The van der Waals surface area contributed by atoms with Crippen molar-refractivity contribution in [1.82, 2.24) is 9.97 Å². The summed E-state index contributed by atoms with van der Waals surface area (Å²) in [6.45, 7) is 0. The van der Waals surface area contributed by atoms with E-state index in [1.807, 2.05) is 6.07 Å². The lowest BCUT2D eigenvalue weighted by Gasteiger charge is -2.06. The molecule has 1 heterocycles. The van der Waals surface area contributed by atoms with E-state index in [1.165, 1.54) is 30.7 Å². The lowest BCUT2D eigenvalue weighted by molar-refractivity contribution is 0.598. The molecule has 0 unspecified atom stereocenters. The molecule has 2 aromatic rings. The first-order chi connectivity index (χ1) is 8.53. The number of nitriles is 1. The molecule has 2 N–H and O–H groups in total. The Hall–Kier alpha value is -2.04. The quantitative estimate of drug-likeness (QED) is 0.895. The number of nitrogens with zero attached hydrogens (tertiary/aromatic N) is 2. The summed E-state index contributed by atoms with van der Waals surface area (Å²) in [7, 11) is -3.72. The molecule has 0 saturated carbocycles. The maximum Gasteiger partial charge on any atom is 0.278 e. The van der Waals surface area contributed by atoms with Gasteiger partial charge in [-0.05, 0) is 18.2 Å². The van der Waals surface area contributed by atoms with Crippen LogP contribution in [-0.4, -0.2) is 18.4 Å². The molecule has 0 radical (unpaired) electrons. The zero-order chi connectivity index (χ0) is 13.2. The third-order valence-electron chi connectivity index (χ3n) is 2.10. The lowest BCUT2D eigenvalue weighted by atomic mass is 10.2. The summed E-state index contributed by atoms with van der Waals surface area (Å²) in [5, 5.41) is 8.84. The Morgan fingerprint density at radius 3 is 2.78 bits per heavy atom. The Morgan fingerprint density at radius 1 is 1.44 bits per heavy atom. The van der Waals surface area contributed by atoms with Gasteiger partial charge in [-0.15, -0.1) is 0 Å². The normalized spacial score (nSPS) is 10.9. The minimum Gasteiger partial charge on any atom is -0.334 e. The van der Waals surface area contributed by atoms with Crippen molar-refractivity contribution >= 4 is 27.3 Å². The van der Waals surface area contributed by atoms with Crippen molar-refractivity contribution in [2.45, 2.75) is 5.03 Å². The fraction of sp³-hybridized carbons (Fsp3) is 0. The van der Waals surface area contributed by atoms with Gasteiger partial charge in [-0.25, -0.2) is 4.98 Å². The van der Waals surface area contributed by atoms with Crippen LogP contribution in [0.3, 0.4) is 0 Å². The van der Waals surface area contributed by atoms with Crippen LogP contribution in [0.5, 0.6) is 0 Å². The van der Waals surface area contributed by atoms with Gasteiger partial charge in [0.05, 0.1) is 28.8 Å². The first kappa shape index (κ1) is 12.4. The van der Waals surface area contributed by atoms with Gasteiger partial charge in [-0.2, -0.15) is 13.7 Å². The van der Waals surface area contributed by atoms with Crippen LogP contribution in [-0.2, 0) is 10.0 Å². The number of hydrogen-bond donors (Lipinski definition) is 2. The van der Waals surface area contributed by atoms with E-state index in [4.69, 9.17) is 16.9 Å². The molecule has 0 aliphatic rings. The van der Waals surface area contributed by atoms with Gasteiger partial charge >= 0.3 is 0 Å². The summed E-state index contributed by atoms with van der Waals surface area (Å²) in [6, 6.07) is 6.15. The molecule has 2 rings (SSSR count). The maximum atomic E-state index is 11.8.